The van der Waals surface area contributed by atoms with E-state index in [4.69, 9.17) is 4.74 Å². The first-order chi connectivity index (χ1) is 10.2. The molecule has 0 aliphatic carbocycles. The van der Waals surface area contributed by atoms with Crippen molar-refractivity contribution >= 4 is 0 Å². The SMILES string of the molecule is COc1cccc2c1CCNC2Cc1c(F)cccc1F. The molecule has 2 aromatic rings. The highest BCUT2D eigenvalue weighted by Crippen LogP contribution is 2.32. The van der Waals surface area contributed by atoms with E-state index in [2.05, 4.69) is 5.32 Å². The van der Waals surface area contributed by atoms with Crippen LogP contribution >= 0.6 is 0 Å². The smallest absolute Gasteiger partial charge is 0.129 e. The summed E-state index contributed by atoms with van der Waals surface area (Å²) in [6.07, 6.45) is 1.15. The predicted octanol–water partition coefficient (Wildman–Crippen LogP) is 3.40. The average Bonchev–Trinajstić information content (AvgIpc) is 2.50. The Labute approximate surface area is 122 Å². The first-order valence-corrected chi connectivity index (χ1v) is 7.02. The van der Waals surface area contributed by atoms with E-state index in [-0.39, 0.29) is 11.6 Å². The second-order valence-corrected chi connectivity index (χ2v) is 5.19. The van der Waals surface area contributed by atoms with Crippen LogP contribution in [0.2, 0.25) is 0 Å². The highest BCUT2D eigenvalue weighted by atomic mass is 19.1. The molecule has 21 heavy (non-hydrogen) atoms. The van der Waals surface area contributed by atoms with Gasteiger partial charge in [-0.25, -0.2) is 8.78 Å². The van der Waals surface area contributed by atoms with Crippen LogP contribution in [0, 0.1) is 11.6 Å². The molecule has 1 unspecified atom stereocenters. The molecule has 0 aromatic heterocycles. The lowest BCUT2D eigenvalue weighted by molar-refractivity contribution is 0.399. The van der Waals surface area contributed by atoms with Crippen LogP contribution in [0.5, 0.6) is 5.75 Å². The molecule has 1 heterocycles. The number of hydrogen-bond acceptors (Lipinski definition) is 2. The number of ether oxygens (including phenoxy) is 1. The third kappa shape index (κ3) is 2.63. The van der Waals surface area contributed by atoms with Crippen molar-refractivity contribution in [3.8, 4) is 5.75 Å². The zero-order valence-electron chi connectivity index (χ0n) is 11.8. The number of rotatable bonds is 3. The minimum Gasteiger partial charge on any atom is -0.496 e. The molecule has 0 bridgehead atoms. The summed E-state index contributed by atoms with van der Waals surface area (Å²) >= 11 is 0. The highest BCUT2D eigenvalue weighted by Gasteiger charge is 2.24. The van der Waals surface area contributed by atoms with Gasteiger partial charge < -0.3 is 10.1 Å². The predicted molar refractivity (Wildman–Crippen MR) is 77.5 cm³/mol. The topological polar surface area (TPSA) is 21.3 Å². The van der Waals surface area contributed by atoms with Crippen LogP contribution < -0.4 is 10.1 Å². The van der Waals surface area contributed by atoms with Gasteiger partial charge in [-0.15, -0.1) is 0 Å². The molecule has 0 fully saturated rings. The summed E-state index contributed by atoms with van der Waals surface area (Å²) < 4.78 is 33.1. The summed E-state index contributed by atoms with van der Waals surface area (Å²) in [6, 6.07) is 9.71. The Morgan fingerprint density at radius 2 is 1.86 bits per heavy atom. The van der Waals surface area contributed by atoms with Gasteiger partial charge in [0.15, 0.2) is 0 Å². The molecule has 0 amide bonds. The Hall–Kier alpha value is -1.94. The van der Waals surface area contributed by atoms with Crippen molar-refractivity contribution in [2.24, 2.45) is 0 Å². The molecule has 3 rings (SSSR count). The fourth-order valence-corrected chi connectivity index (χ4v) is 2.96. The molecule has 1 aliphatic heterocycles. The van der Waals surface area contributed by atoms with Gasteiger partial charge in [0, 0.05) is 17.2 Å². The zero-order chi connectivity index (χ0) is 14.8. The van der Waals surface area contributed by atoms with E-state index in [0.717, 1.165) is 29.8 Å². The maximum atomic E-state index is 13.8. The number of hydrogen-bond donors (Lipinski definition) is 1. The van der Waals surface area contributed by atoms with Crippen molar-refractivity contribution in [1.82, 2.24) is 5.32 Å². The molecule has 1 aliphatic rings. The minimum atomic E-state index is -0.494. The third-order valence-corrected chi connectivity index (χ3v) is 4.00. The van der Waals surface area contributed by atoms with E-state index in [9.17, 15) is 8.78 Å². The maximum Gasteiger partial charge on any atom is 0.129 e. The fraction of sp³-hybridized carbons (Fsp3) is 0.294. The summed E-state index contributed by atoms with van der Waals surface area (Å²) in [6.45, 7) is 0.772. The Morgan fingerprint density at radius 1 is 1.14 bits per heavy atom. The van der Waals surface area contributed by atoms with Gasteiger partial charge in [0.2, 0.25) is 0 Å². The first kappa shape index (κ1) is 14.0. The second-order valence-electron chi connectivity index (χ2n) is 5.19. The number of methoxy groups -OCH3 is 1. The van der Waals surface area contributed by atoms with Crippen molar-refractivity contribution in [2.75, 3.05) is 13.7 Å². The van der Waals surface area contributed by atoms with Crippen LogP contribution in [0.4, 0.5) is 8.78 Å². The van der Waals surface area contributed by atoms with Crippen molar-refractivity contribution in [2.45, 2.75) is 18.9 Å². The quantitative estimate of drug-likeness (QED) is 0.935. The number of fused-ring (bicyclic) bond motifs is 1. The maximum absolute atomic E-state index is 13.8. The standard InChI is InChI=1S/C17H17F2NO/c1-21-17-7-2-4-11-12(17)8-9-20-16(11)10-13-14(18)5-3-6-15(13)19/h2-7,16,20H,8-10H2,1H3. The highest BCUT2D eigenvalue weighted by molar-refractivity contribution is 5.44. The van der Waals surface area contributed by atoms with Crippen LogP contribution in [0.25, 0.3) is 0 Å². The molecule has 110 valence electrons. The van der Waals surface area contributed by atoms with Gasteiger partial charge in [0.05, 0.1) is 7.11 Å². The molecular formula is C17H17F2NO. The van der Waals surface area contributed by atoms with Crippen LogP contribution in [0.1, 0.15) is 22.7 Å². The summed E-state index contributed by atoms with van der Waals surface area (Å²) in [5.74, 6) is -0.147. The van der Waals surface area contributed by atoms with Gasteiger partial charge in [-0.05, 0) is 43.1 Å². The molecule has 0 spiro atoms. The third-order valence-electron chi connectivity index (χ3n) is 4.00. The van der Waals surface area contributed by atoms with E-state index < -0.39 is 11.6 Å². The molecule has 1 N–H and O–H groups in total. The van der Waals surface area contributed by atoms with E-state index in [1.165, 1.54) is 18.2 Å². The molecule has 1 atom stereocenters. The molecular weight excluding hydrogens is 272 g/mol. The number of benzene rings is 2. The number of nitrogens with one attached hydrogen (secondary N) is 1. The number of halogens is 2. The zero-order valence-corrected chi connectivity index (χ0v) is 11.8. The average molecular weight is 289 g/mol. The summed E-state index contributed by atoms with van der Waals surface area (Å²) in [7, 11) is 1.64. The Balaban J connectivity index is 1.96. The first-order valence-electron chi connectivity index (χ1n) is 7.02. The van der Waals surface area contributed by atoms with Crippen molar-refractivity contribution in [3.63, 3.8) is 0 Å². The molecule has 0 radical (unpaired) electrons. The summed E-state index contributed by atoms with van der Waals surface area (Å²) in [5.41, 5.74) is 2.31. The summed E-state index contributed by atoms with van der Waals surface area (Å²) in [5, 5.41) is 3.34. The van der Waals surface area contributed by atoms with Crippen LogP contribution in [0.3, 0.4) is 0 Å². The van der Waals surface area contributed by atoms with Crippen LogP contribution in [0.15, 0.2) is 36.4 Å². The van der Waals surface area contributed by atoms with Gasteiger partial charge in [0.1, 0.15) is 17.4 Å². The molecule has 2 nitrogen and oxygen atoms in total. The van der Waals surface area contributed by atoms with E-state index in [1.807, 2.05) is 18.2 Å². The lowest BCUT2D eigenvalue weighted by atomic mass is 9.89. The second kappa shape index (κ2) is 5.82. The molecule has 2 aromatic carbocycles. The largest absolute Gasteiger partial charge is 0.496 e. The normalized spacial score (nSPS) is 17.4. The Morgan fingerprint density at radius 3 is 2.57 bits per heavy atom. The van der Waals surface area contributed by atoms with Gasteiger partial charge in [0.25, 0.3) is 0 Å². The molecule has 0 saturated carbocycles. The van der Waals surface area contributed by atoms with E-state index in [1.54, 1.807) is 7.11 Å². The molecule has 4 heteroatoms. The van der Waals surface area contributed by atoms with Gasteiger partial charge in [-0.1, -0.05) is 18.2 Å². The van der Waals surface area contributed by atoms with Crippen molar-refractivity contribution < 1.29 is 13.5 Å². The Kier molecular flexibility index (Phi) is 3.88. The minimum absolute atomic E-state index is 0.102. The summed E-state index contributed by atoms with van der Waals surface area (Å²) in [4.78, 5) is 0. The van der Waals surface area contributed by atoms with Gasteiger partial charge in [-0.2, -0.15) is 0 Å². The van der Waals surface area contributed by atoms with Crippen LogP contribution in [-0.4, -0.2) is 13.7 Å². The molecule has 0 saturated heterocycles. The lowest BCUT2D eigenvalue weighted by Gasteiger charge is -2.28. The lowest BCUT2D eigenvalue weighted by Crippen LogP contribution is -2.32. The fourth-order valence-electron chi connectivity index (χ4n) is 2.96. The van der Waals surface area contributed by atoms with Gasteiger partial charge in [-0.3, -0.25) is 0 Å². The van der Waals surface area contributed by atoms with Gasteiger partial charge >= 0.3 is 0 Å². The van der Waals surface area contributed by atoms with Crippen molar-refractivity contribution in [1.29, 1.82) is 0 Å². The Bertz CT molecular complexity index is 637. The van der Waals surface area contributed by atoms with Crippen LogP contribution in [-0.2, 0) is 12.8 Å². The van der Waals surface area contributed by atoms with Crippen molar-refractivity contribution in [3.05, 3.63) is 64.7 Å². The van der Waals surface area contributed by atoms with E-state index >= 15 is 0 Å². The monoisotopic (exact) mass is 289 g/mol. The van der Waals surface area contributed by atoms with E-state index in [0.29, 0.717) is 6.42 Å².